The van der Waals surface area contributed by atoms with E-state index in [1.807, 2.05) is 24.3 Å². The minimum absolute atomic E-state index is 0.0169. The monoisotopic (exact) mass is 758 g/mol. The van der Waals surface area contributed by atoms with Gasteiger partial charge in [0.25, 0.3) is 8.32 Å². The van der Waals surface area contributed by atoms with Gasteiger partial charge in [0.2, 0.25) is 0 Å². The predicted molar refractivity (Wildman–Crippen MR) is 219 cm³/mol. The number of allylic oxidation sites excluding steroid dienone is 1. The maximum atomic E-state index is 14.4. The first-order valence-corrected chi connectivity index (χ1v) is 21.4. The van der Waals surface area contributed by atoms with Gasteiger partial charge in [0, 0.05) is 23.0 Å². The van der Waals surface area contributed by atoms with E-state index in [1.54, 1.807) is 24.3 Å². The Kier molecular flexibility index (Phi) is 11.0. The molecule has 1 saturated heterocycles. The third-order valence-corrected chi connectivity index (χ3v) is 17.1. The summed E-state index contributed by atoms with van der Waals surface area (Å²) in [5.74, 6) is -1.45. The lowest BCUT2D eigenvalue weighted by atomic mass is 9.54. The van der Waals surface area contributed by atoms with Crippen molar-refractivity contribution in [2.24, 2.45) is 17.8 Å². The Morgan fingerprint density at radius 2 is 1.52 bits per heavy atom. The first kappa shape index (κ1) is 38.2. The number of benzene rings is 4. The molecule has 6 nitrogen and oxygen atoms in total. The van der Waals surface area contributed by atoms with Gasteiger partial charge in [0.15, 0.2) is 11.6 Å². The number of carbonyl (C=O) groups excluding carboxylic acids is 2. The Balaban J connectivity index is 1.32. The van der Waals surface area contributed by atoms with Gasteiger partial charge >= 0.3 is 7.12 Å². The van der Waals surface area contributed by atoms with E-state index in [2.05, 4.69) is 82.3 Å². The molecule has 278 valence electrons. The SMILES string of the molecule is CC/C(=C\c1ccc(O)cc1Cl)CC[C@H]1OB(O)C[C@H]2C1=C(CO[Si](c1ccccc1)(c1ccccc1)C(C)(C)C)C[C@H]1C(=O)c3ccccc3C(=O)[C@H]12. The van der Waals surface area contributed by atoms with Crippen molar-refractivity contribution < 1.29 is 28.8 Å². The third kappa shape index (κ3) is 7.11. The van der Waals surface area contributed by atoms with E-state index in [0.717, 1.165) is 39.1 Å². The lowest BCUT2D eigenvalue weighted by Gasteiger charge is -2.48. The summed E-state index contributed by atoms with van der Waals surface area (Å²) in [6.07, 6.45) is 4.19. The van der Waals surface area contributed by atoms with Crippen LogP contribution in [-0.4, -0.2) is 49.8 Å². The maximum Gasteiger partial charge on any atom is 0.455 e. The van der Waals surface area contributed by atoms with E-state index in [-0.39, 0.29) is 41.2 Å². The summed E-state index contributed by atoms with van der Waals surface area (Å²) < 4.78 is 13.9. The number of Topliss-reactive ketones (excluding diaryl/α,β-unsaturated/α-hetero) is 2. The van der Waals surface area contributed by atoms with Crippen molar-refractivity contribution in [3.63, 3.8) is 0 Å². The van der Waals surface area contributed by atoms with Gasteiger partial charge in [-0.15, -0.1) is 0 Å². The molecule has 0 amide bonds. The Bertz CT molecular complexity index is 2050. The molecule has 2 N–H and O–H groups in total. The Morgan fingerprint density at radius 3 is 2.11 bits per heavy atom. The van der Waals surface area contributed by atoms with Crippen molar-refractivity contribution in [1.82, 2.24) is 0 Å². The second-order valence-electron chi connectivity index (χ2n) is 15.9. The Hall–Kier alpha value is -4.05. The molecule has 2 aliphatic carbocycles. The summed E-state index contributed by atoms with van der Waals surface area (Å²) in [5, 5.41) is 23.7. The Morgan fingerprint density at radius 1 is 0.907 bits per heavy atom. The van der Waals surface area contributed by atoms with Crippen molar-refractivity contribution in [1.29, 1.82) is 0 Å². The van der Waals surface area contributed by atoms with Crippen LogP contribution in [0, 0.1) is 17.8 Å². The molecule has 1 fully saturated rings. The number of aromatic hydroxyl groups is 1. The van der Waals surface area contributed by atoms with E-state index < -0.39 is 33.4 Å². The molecule has 0 saturated carbocycles. The van der Waals surface area contributed by atoms with Crippen LogP contribution in [0.15, 0.2) is 120 Å². The molecular weight excluding hydrogens is 711 g/mol. The molecule has 54 heavy (non-hydrogen) atoms. The summed E-state index contributed by atoms with van der Waals surface area (Å²) in [4.78, 5) is 28.7. The highest BCUT2D eigenvalue weighted by molar-refractivity contribution is 6.99. The van der Waals surface area contributed by atoms with Crippen LogP contribution in [0.3, 0.4) is 0 Å². The average Bonchev–Trinajstić information content (AvgIpc) is 3.16. The number of phenolic OH excluding ortho intramolecular Hbond substituents is 1. The second-order valence-corrected chi connectivity index (χ2v) is 20.7. The molecule has 1 aliphatic heterocycles. The van der Waals surface area contributed by atoms with Crippen LogP contribution >= 0.6 is 11.6 Å². The first-order valence-electron chi connectivity index (χ1n) is 19.1. The number of ketones is 2. The smallest absolute Gasteiger partial charge is 0.455 e. The maximum absolute atomic E-state index is 14.4. The summed E-state index contributed by atoms with van der Waals surface area (Å²) >= 11 is 6.49. The molecule has 3 aliphatic rings. The molecule has 4 aromatic rings. The van der Waals surface area contributed by atoms with Gasteiger partial charge in [-0.3, -0.25) is 9.59 Å². The predicted octanol–water partition coefficient (Wildman–Crippen LogP) is 8.70. The van der Waals surface area contributed by atoms with Crippen LogP contribution in [0.1, 0.15) is 79.7 Å². The van der Waals surface area contributed by atoms with E-state index in [4.69, 9.17) is 20.7 Å². The largest absolute Gasteiger partial charge is 0.508 e. The molecule has 0 bridgehead atoms. The van der Waals surface area contributed by atoms with Gasteiger partial charge < -0.3 is 19.2 Å². The van der Waals surface area contributed by atoms with Crippen molar-refractivity contribution >= 4 is 55.1 Å². The van der Waals surface area contributed by atoms with Crippen molar-refractivity contribution in [3.05, 3.63) is 142 Å². The summed E-state index contributed by atoms with van der Waals surface area (Å²) in [6.45, 7) is 9.12. The number of carbonyl (C=O) groups is 2. The minimum Gasteiger partial charge on any atom is -0.508 e. The number of rotatable bonds is 10. The molecule has 9 heteroatoms. The molecule has 1 heterocycles. The summed E-state index contributed by atoms with van der Waals surface area (Å²) in [5.41, 5.74) is 4.90. The fraction of sp³-hybridized carbons (Fsp3) is 0.333. The van der Waals surface area contributed by atoms with Crippen LogP contribution in [0.25, 0.3) is 6.08 Å². The number of halogens is 1. The van der Waals surface area contributed by atoms with Crippen molar-refractivity contribution in [2.75, 3.05) is 6.61 Å². The topological polar surface area (TPSA) is 93.1 Å². The molecule has 0 unspecified atom stereocenters. The van der Waals surface area contributed by atoms with Crippen molar-refractivity contribution in [2.45, 2.75) is 70.8 Å². The molecule has 4 atom stereocenters. The molecule has 4 aromatic carbocycles. The van der Waals surface area contributed by atoms with Gasteiger partial charge in [-0.1, -0.05) is 136 Å². The highest BCUT2D eigenvalue weighted by Crippen LogP contribution is 2.51. The number of phenols is 1. The lowest BCUT2D eigenvalue weighted by Crippen LogP contribution is -2.66. The zero-order valence-electron chi connectivity index (χ0n) is 31.4. The second kappa shape index (κ2) is 15.6. The standard InChI is InChI=1S/C45H48BClO6Si/c1-5-29(24-30-21-22-32(48)26-39(30)47)20-23-40-41-31(28-52-54(45(2,3)4,33-14-8-6-9-15-33)34-16-10-7-11-17-34)25-37-42(38(41)27-46(51)53-40)44(50)36-19-13-12-18-35(36)43(37)49/h6-19,21-22,24,26,37-38,40,42,48,51H,5,20,23,25,27-28H2,1-4H3/b29-24+/t37-,38+,40-,42-/m1/s1. The number of hydrogen-bond acceptors (Lipinski definition) is 6. The van der Waals surface area contributed by atoms with Gasteiger partial charge in [0.1, 0.15) is 5.75 Å². The zero-order chi connectivity index (χ0) is 38.2. The third-order valence-electron chi connectivity index (χ3n) is 11.8. The van der Waals surface area contributed by atoms with Crippen molar-refractivity contribution in [3.8, 4) is 5.75 Å². The normalized spacial score (nSPS) is 21.8. The highest BCUT2D eigenvalue weighted by atomic mass is 35.5. The highest BCUT2D eigenvalue weighted by Gasteiger charge is 2.55. The molecule has 0 spiro atoms. The number of fused-ring (bicyclic) bond motifs is 4. The zero-order valence-corrected chi connectivity index (χ0v) is 33.2. The summed E-state index contributed by atoms with van der Waals surface area (Å²) in [7, 11) is -4.05. The fourth-order valence-electron chi connectivity index (χ4n) is 9.28. The van der Waals surface area contributed by atoms with Crippen LogP contribution in [0.2, 0.25) is 16.4 Å². The van der Waals surface area contributed by atoms with Gasteiger partial charge in [-0.2, -0.15) is 0 Å². The van der Waals surface area contributed by atoms with Gasteiger partial charge in [0.05, 0.1) is 17.7 Å². The van der Waals surface area contributed by atoms with Crippen LogP contribution in [0.5, 0.6) is 5.75 Å². The minimum atomic E-state index is -2.97. The van der Waals surface area contributed by atoms with E-state index >= 15 is 0 Å². The average molecular weight is 759 g/mol. The van der Waals surface area contributed by atoms with Crippen LogP contribution < -0.4 is 10.4 Å². The van der Waals surface area contributed by atoms with Crippen LogP contribution in [0.4, 0.5) is 0 Å². The van der Waals surface area contributed by atoms with Gasteiger partial charge in [-0.25, -0.2) is 0 Å². The molecular formula is C45H48BClO6Si. The molecule has 7 rings (SSSR count). The molecule has 0 aromatic heterocycles. The van der Waals surface area contributed by atoms with E-state index in [9.17, 15) is 19.7 Å². The fourth-order valence-corrected chi connectivity index (χ4v) is 14.1. The van der Waals surface area contributed by atoms with E-state index in [1.165, 1.54) is 6.07 Å². The summed E-state index contributed by atoms with van der Waals surface area (Å²) in [6, 6.07) is 33.1. The lowest BCUT2D eigenvalue weighted by molar-refractivity contribution is 0.0591. The van der Waals surface area contributed by atoms with Crippen LogP contribution in [-0.2, 0) is 9.08 Å². The first-order chi connectivity index (χ1) is 25.9. The van der Waals surface area contributed by atoms with Gasteiger partial charge in [-0.05, 0) is 88.2 Å². The number of hydrogen-bond donors (Lipinski definition) is 2. The Labute approximate surface area is 325 Å². The van der Waals surface area contributed by atoms with E-state index in [0.29, 0.717) is 35.4 Å². The molecule has 0 radical (unpaired) electrons. The quantitative estimate of drug-likeness (QED) is 0.124.